The molecule has 0 radical (unpaired) electrons. The minimum Gasteiger partial charge on any atom is -0.324 e. The number of hydrogen-bond acceptors (Lipinski definition) is 3. The average molecular weight is 389 g/mol. The summed E-state index contributed by atoms with van der Waals surface area (Å²) in [4.78, 5) is 36.6. The lowest BCUT2D eigenvalue weighted by Gasteiger charge is -2.11. The van der Waals surface area contributed by atoms with E-state index in [-0.39, 0.29) is 12.2 Å². The van der Waals surface area contributed by atoms with Crippen molar-refractivity contribution < 1.29 is 18.0 Å². The number of halogens is 3. The third-order valence-corrected chi connectivity index (χ3v) is 3.83. The highest BCUT2D eigenvalue weighted by atomic mass is 19.1. The molecule has 0 aliphatic rings. The van der Waals surface area contributed by atoms with Crippen molar-refractivity contribution in [3.8, 4) is 0 Å². The Hall–Kier alpha value is -3.62. The van der Waals surface area contributed by atoms with Crippen LogP contribution in [-0.2, 0) is 17.9 Å². The highest BCUT2D eigenvalue weighted by Gasteiger charge is 2.12. The van der Waals surface area contributed by atoms with Crippen molar-refractivity contribution in [3.63, 3.8) is 0 Å². The van der Waals surface area contributed by atoms with Gasteiger partial charge in [-0.15, -0.1) is 0 Å². The zero-order chi connectivity index (χ0) is 20.3. The first-order valence-corrected chi connectivity index (χ1v) is 8.12. The van der Waals surface area contributed by atoms with Crippen molar-refractivity contribution in [3.05, 3.63) is 98.6 Å². The molecule has 0 spiro atoms. The van der Waals surface area contributed by atoms with E-state index in [1.165, 1.54) is 24.4 Å². The first-order valence-electron chi connectivity index (χ1n) is 8.12. The van der Waals surface area contributed by atoms with Gasteiger partial charge in [-0.05, 0) is 29.8 Å². The van der Waals surface area contributed by atoms with Gasteiger partial charge in [0, 0.05) is 24.0 Å². The summed E-state index contributed by atoms with van der Waals surface area (Å²) in [6, 6.07) is 9.12. The van der Waals surface area contributed by atoms with Crippen molar-refractivity contribution in [2.45, 2.75) is 13.1 Å². The van der Waals surface area contributed by atoms with Crippen LogP contribution in [0.25, 0.3) is 0 Å². The molecule has 0 saturated heterocycles. The third kappa shape index (κ3) is 4.56. The number of rotatable bonds is 5. The van der Waals surface area contributed by atoms with Crippen LogP contribution < -0.4 is 16.6 Å². The molecule has 9 heteroatoms. The minimum atomic E-state index is -0.885. The predicted molar refractivity (Wildman–Crippen MR) is 95.5 cm³/mol. The Balaban J connectivity index is 1.82. The maximum atomic E-state index is 13.3. The van der Waals surface area contributed by atoms with Crippen LogP contribution in [0, 0.1) is 17.5 Å². The van der Waals surface area contributed by atoms with E-state index in [0.29, 0.717) is 16.2 Å². The fourth-order valence-electron chi connectivity index (χ4n) is 2.62. The summed E-state index contributed by atoms with van der Waals surface area (Å²) in [7, 11) is 0. The van der Waals surface area contributed by atoms with E-state index in [1.807, 2.05) is 0 Å². The van der Waals surface area contributed by atoms with Crippen molar-refractivity contribution >= 4 is 11.6 Å². The molecule has 0 bridgehead atoms. The first-order chi connectivity index (χ1) is 13.3. The summed E-state index contributed by atoms with van der Waals surface area (Å²) in [5.41, 5.74) is -1.16. The summed E-state index contributed by atoms with van der Waals surface area (Å²) < 4.78 is 41.5. The van der Waals surface area contributed by atoms with Crippen LogP contribution in [-0.4, -0.2) is 15.0 Å². The van der Waals surface area contributed by atoms with Crippen LogP contribution >= 0.6 is 0 Å². The number of carbonyl (C=O) groups is 1. The molecule has 0 aliphatic heterocycles. The van der Waals surface area contributed by atoms with Gasteiger partial charge in [0.2, 0.25) is 5.91 Å². The van der Waals surface area contributed by atoms with Crippen molar-refractivity contribution in [1.82, 2.24) is 9.13 Å². The summed E-state index contributed by atoms with van der Waals surface area (Å²) in [5.74, 6) is -3.05. The molecule has 1 aromatic heterocycles. The molecule has 0 saturated carbocycles. The van der Waals surface area contributed by atoms with Crippen LogP contribution in [0.1, 0.15) is 5.56 Å². The topological polar surface area (TPSA) is 73.1 Å². The van der Waals surface area contributed by atoms with Gasteiger partial charge in [-0.2, -0.15) is 0 Å². The van der Waals surface area contributed by atoms with Gasteiger partial charge in [0.05, 0.1) is 6.54 Å². The molecule has 3 aromatic rings. The third-order valence-electron chi connectivity index (χ3n) is 3.83. The highest BCUT2D eigenvalue weighted by molar-refractivity contribution is 5.90. The molecule has 2 aromatic carbocycles. The fraction of sp³-hybridized carbons (Fsp3) is 0.105. The Morgan fingerprint density at radius 1 is 0.929 bits per heavy atom. The number of nitrogens with one attached hydrogen (secondary N) is 1. The first kappa shape index (κ1) is 19.2. The molecule has 3 rings (SSSR count). The molecule has 1 N–H and O–H groups in total. The van der Waals surface area contributed by atoms with Crippen LogP contribution in [0.4, 0.5) is 18.9 Å². The van der Waals surface area contributed by atoms with E-state index < -0.39 is 41.2 Å². The number of benzene rings is 2. The van der Waals surface area contributed by atoms with Gasteiger partial charge < -0.3 is 5.32 Å². The molecule has 0 atom stereocenters. The van der Waals surface area contributed by atoms with E-state index >= 15 is 0 Å². The second-order valence-electron chi connectivity index (χ2n) is 5.99. The predicted octanol–water partition coefficient (Wildman–Crippen LogP) is 2.11. The number of hydrogen-bond donors (Lipinski definition) is 1. The molecular formula is C19H14F3N3O3. The van der Waals surface area contributed by atoms with Crippen LogP contribution in [0.5, 0.6) is 0 Å². The van der Waals surface area contributed by atoms with Crippen molar-refractivity contribution in [2.24, 2.45) is 0 Å². The Morgan fingerprint density at radius 2 is 1.64 bits per heavy atom. The van der Waals surface area contributed by atoms with Gasteiger partial charge in [0.15, 0.2) is 0 Å². The van der Waals surface area contributed by atoms with Crippen molar-refractivity contribution in [2.75, 3.05) is 5.32 Å². The number of amides is 1. The van der Waals surface area contributed by atoms with E-state index in [2.05, 4.69) is 5.32 Å². The smallest absolute Gasteiger partial charge is 0.324 e. The van der Waals surface area contributed by atoms with E-state index in [1.54, 1.807) is 6.07 Å². The largest absolute Gasteiger partial charge is 0.331 e. The van der Waals surface area contributed by atoms with Gasteiger partial charge in [-0.25, -0.2) is 18.0 Å². The molecule has 144 valence electrons. The number of nitrogens with zero attached hydrogens (tertiary/aromatic N) is 2. The average Bonchev–Trinajstić information content (AvgIpc) is 2.60. The quantitative estimate of drug-likeness (QED) is 0.727. The Morgan fingerprint density at radius 3 is 2.32 bits per heavy atom. The molecule has 0 fully saturated rings. The normalized spacial score (nSPS) is 10.7. The second kappa shape index (κ2) is 7.95. The maximum Gasteiger partial charge on any atom is 0.331 e. The molecule has 0 aliphatic carbocycles. The summed E-state index contributed by atoms with van der Waals surface area (Å²) in [6.45, 7) is -0.659. The van der Waals surface area contributed by atoms with Crippen molar-refractivity contribution in [1.29, 1.82) is 0 Å². The molecule has 0 unspecified atom stereocenters. The van der Waals surface area contributed by atoms with Crippen LogP contribution in [0.2, 0.25) is 0 Å². The highest BCUT2D eigenvalue weighted by Crippen LogP contribution is 2.12. The SMILES string of the molecule is O=C(Cn1c(=O)ccn(Cc2cccc(F)c2)c1=O)Nc1cc(F)cc(F)c1. The Kier molecular flexibility index (Phi) is 5.44. The molecular weight excluding hydrogens is 375 g/mol. The van der Waals surface area contributed by atoms with Gasteiger partial charge in [0.25, 0.3) is 5.56 Å². The molecule has 28 heavy (non-hydrogen) atoms. The van der Waals surface area contributed by atoms with Gasteiger partial charge in [0.1, 0.15) is 24.0 Å². The van der Waals surface area contributed by atoms with Crippen LogP contribution in [0.3, 0.4) is 0 Å². The standard InChI is InChI=1S/C19H14F3N3O3/c20-13-3-1-2-12(6-13)10-24-5-4-18(27)25(19(24)28)11-17(26)23-16-8-14(21)7-15(22)9-16/h1-9H,10-11H2,(H,23,26). The molecule has 1 amide bonds. The Labute approximate surface area is 156 Å². The number of aromatic nitrogens is 2. The lowest BCUT2D eigenvalue weighted by Crippen LogP contribution is -2.41. The summed E-state index contributed by atoms with van der Waals surface area (Å²) >= 11 is 0. The van der Waals surface area contributed by atoms with E-state index in [4.69, 9.17) is 0 Å². The number of anilines is 1. The Bertz CT molecular complexity index is 1130. The van der Waals surface area contributed by atoms with Gasteiger partial charge >= 0.3 is 5.69 Å². The van der Waals surface area contributed by atoms with Gasteiger partial charge in [-0.3, -0.25) is 18.7 Å². The summed E-state index contributed by atoms with van der Waals surface area (Å²) in [6.07, 6.45) is 1.24. The van der Waals surface area contributed by atoms with Crippen LogP contribution in [0.15, 0.2) is 64.3 Å². The van der Waals surface area contributed by atoms with Gasteiger partial charge in [-0.1, -0.05) is 12.1 Å². The fourth-order valence-corrected chi connectivity index (χ4v) is 2.62. The minimum absolute atomic E-state index is 0.00635. The van der Waals surface area contributed by atoms with E-state index in [0.717, 1.165) is 22.8 Å². The zero-order valence-corrected chi connectivity index (χ0v) is 14.4. The second-order valence-corrected chi connectivity index (χ2v) is 5.99. The lowest BCUT2D eigenvalue weighted by atomic mass is 10.2. The number of carbonyl (C=O) groups excluding carboxylic acids is 1. The van der Waals surface area contributed by atoms with E-state index in [9.17, 15) is 27.6 Å². The molecule has 6 nitrogen and oxygen atoms in total. The summed E-state index contributed by atoms with van der Waals surface area (Å²) in [5, 5.41) is 2.23. The lowest BCUT2D eigenvalue weighted by molar-refractivity contribution is -0.116. The monoisotopic (exact) mass is 389 g/mol. The maximum absolute atomic E-state index is 13.3. The molecule has 1 heterocycles. The zero-order valence-electron chi connectivity index (χ0n) is 14.4.